The maximum Gasteiger partial charge on any atom is 0.238 e. The Morgan fingerprint density at radius 1 is 0.833 bits per heavy atom. The fourth-order valence-electron chi connectivity index (χ4n) is 5.05. The van der Waals surface area contributed by atoms with Crippen LogP contribution in [0.15, 0.2) is 108 Å². The predicted molar refractivity (Wildman–Crippen MR) is 168 cm³/mol. The SMILES string of the molecule is NS(=O)(=O)C1=CC=CCC=C1c1ccc(CNC(=O)C2CCCC2)cc1.O=CNCc1ccc(-c2ccccc2)cc1. The number of carbonyl (C=O) groups excluding carboxylic acids is 2. The fraction of sp³-hybridized carbons (Fsp3) is 0.235. The van der Waals surface area contributed by atoms with Gasteiger partial charge in [-0.1, -0.05) is 110 Å². The van der Waals surface area contributed by atoms with E-state index >= 15 is 0 Å². The molecular weight excluding hydrogens is 546 g/mol. The van der Waals surface area contributed by atoms with Gasteiger partial charge in [0.2, 0.25) is 22.3 Å². The molecule has 0 heterocycles. The maximum atomic E-state index is 12.1. The van der Waals surface area contributed by atoms with Gasteiger partial charge in [-0.05, 0) is 58.7 Å². The molecule has 0 bridgehead atoms. The van der Waals surface area contributed by atoms with Crippen molar-refractivity contribution in [3.8, 4) is 11.1 Å². The summed E-state index contributed by atoms with van der Waals surface area (Å²) in [5.41, 5.74) is 5.88. The summed E-state index contributed by atoms with van der Waals surface area (Å²) in [6, 6.07) is 26.0. The van der Waals surface area contributed by atoms with Crippen LogP contribution < -0.4 is 15.8 Å². The molecule has 2 aliphatic rings. The molecule has 0 radical (unpaired) electrons. The number of nitrogens with one attached hydrogen (secondary N) is 2. The lowest BCUT2D eigenvalue weighted by Gasteiger charge is -2.12. The number of benzene rings is 3. The Labute approximate surface area is 248 Å². The topological polar surface area (TPSA) is 118 Å². The second-order valence-electron chi connectivity index (χ2n) is 10.3. The summed E-state index contributed by atoms with van der Waals surface area (Å²) in [6.45, 7) is 1.06. The highest BCUT2D eigenvalue weighted by Crippen LogP contribution is 2.29. The van der Waals surface area contributed by atoms with E-state index in [9.17, 15) is 18.0 Å². The first-order valence-electron chi connectivity index (χ1n) is 14.1. The molecule has 0 atom stereocenters. The van der Waals surface area contributed by atoms with E-state index in [0.29, 0.717) is 31.5 Å². The third-order valence-electron chi connectivity index (χ3n) is 7.32. The molecule has 1 fully saturated rings. The summed E-state index contributed by atoms with van der Waals surface area (Å²) < 4.78 is 23.8. The minimum Gasteiger partial charge on any atom is -0.355 e. The Bertz CT molecular complexity index is 1540. The van der Waals surface area contributed by atoms with Crippen molar-refractivity contribution < 1.29 is 18.0 Å². The van der Waals surface area contributed by atoms with Crippen LogP contribution in [0.2, 0.25) is 0 Å². The molecule has 5 rings (SSSR count). The van der Waals surface area contributed by atoms with Crippen molar-refractivity contribution in [3.63, 3.8) is 0 Å². The predicted octanol–water partition coefficient (Wildman–Crippen LogP) is 5.61. The van der Waals surface area contributed by atoms with Crippen LogP contribution in [0.25, 0.3) is 16.7 Å². The molecule has 1 saturated carbocycles. The molecule has 3 aromatic carbocycles. The molecule has 3 aromatic rings. The molecule has 218 valence electrons. The standard InChI is InChI=1S/C20H24N2O3S.C14H13NO/c21-26(24,25)19-9-3-1-2-8-18(19)16-12-10-15(11-13-16)14-22-20(23)17-6-4-5-7-17;16-11-15-10-12-6-8-14(9-7-12)13-4-2-1-3-5-13/h1,3,8-13,17H,2,4-7,14H2,(H,22,23)(H2,21,24,25);1-9,11H,10H2,(H,15,16). The smallest absolute Gasteiger partial charge is 0.238 e. The van der Waals surface area contributed by atoms with E-state index in [2.05, 4.69) is 34.9 Å². The molecule has 0 aliphatic heterocycles. The third kappa shape index (κ3) is 8.86. The summed E-state index contributed by atoms with van der Waals surface area (Å²) in [5.74, 6) is 0.281. The van der Waals surface area contributed by atoms with Gasteiger partial charge in [-0.15, -0.1) is 0 Å². The van der Waals surface area contributed by atoms with E-state index in [4.69, 9.17) is 5.14 Å². The van der Waals surface area contributed by atoms with Crippen LogP contribution in [0.3, 0.4) is 0 Å². The van der Waals surface area contributed by atoms with Crippen molar-refractivity contribution in [1.82, 2.24) is 10.6 Å². The molecule has 2 aliphatic carbocycles. The van der Waals surface area contributed by atoms with Gasteiger partial charge in [-0.3, -0.25) is 9.59 Å². The number of hydrogen-bond acceptors (Lipinski definition) is 4. The van der Waals surface area contributed by atoms with Gasteiger partial charge < -0.3 is 10.6 Å². The Morgan fingerprint density at radius 2 is 1.43 bits per heavy atom. The van der Waals surface area contributed by atoms with Crippen LogP contribution in [0, 0.1) is 5.92 Å². The van der Waals surface area contributed by atoms with E-state index in [1.165, 1.54) is 17.2 Å². The highest BCUT2D eigenvalue weighted by Gasteiger charge is 2.22. The average Bonchev–Trinajstić information content (AvgIpc) is 3.44. The Balaban J connectivity index is 0.000000216. The van der Waals surface area contributed by atoms with Crippen LogP contribution in [0.5, 0.6) is 0 Å². The van der Waals surface area contributed by atoms with Crippen molar-refractivity contribution in [2.24, 2.45) is 11.1 Å². The number of carbonyl (C=O) groups is 2. The molecule has 42 heavy (non-hydrogen) atoms. The third-order valence-corrected chi connectivity index (χ3v) is 8.29. The van der Waals surface area contributed by atoms with Crippen LogP contribution in [0.1, 0.15) is 48.8 Å². The number of rotatable bonds is 9. The van der Waals surface area contributed by atoms with Gasteiger partial charge in [-0.2, -0.15) is 0 Å². The number of hydrogen-bond donors (Lipinski definition) is 3. The van der Waals surface area contributed by atoms with Crippen LogP contribution in [0.4, 0.5) is 0 Å². The first-order chi connectivity index (χ1) is 20.3. The van der Waals surface area contributed by atoms with Gasteiger partial charge in [0, 0.05) is 19.0 Å². The molecule has 0 spiro atoms. The van der Waals surface area contributed by atoms with Crippen LogP contribution in [-0.2, 0) is 32.7 Å². The highest BCUT2D eigenvalue weighted by molar-refractivity contribution is 7.93. The Kier molecular flexibility index (Phi) is 11.0. The molecule has 7 nitrogen and oxygen atoms in total. The zero-order valence-electron chi connectivity index (χ0n) is 23.5. The lowest BCUT2D eigenvalue weighted by atomic mass is 10.0. The number of amides is 2. The Hall–Kier alpha value is -4.27. The van der Waals surface area contributed by atoms with E-state index in [-0.39, 0.29) is 16.7 Å². The lowest BCUT2D eigenvalue weighted by Crippen LogP contribution is -2.28. The molecule has 4 N–H and O–H groups in total. The highest BCUT2D eigenvalue weighted by atomic mass is 32.2. The van der Waals surface area contributed by atoms with Crippen molar-refractivity contribution >= 4 is 27.9 Å². The number of sulfonamides is 1. The molecule has 8 heteroatoms. The van der Waals surface area contributed by atoms with Crippen molar-refractivity contribution in [3.05, 3.63) is 125 Å². The summed E-state index contributed by atoms with van der Waals surface area (Å²) in [4.78, 5) is 22.4. The fourth-order valence-corrected chi connectivity index (χ4v) is 5.82. The molecular formula is C34H37N3O4S. The van der Waals surface area contributed by atoms with Gasteiger partial charge >= 0.3 is 0 Å². The van der Waals surface area contributed by atoms with Gasteiger partial charge in [0.05, 0.1) is 4.91 Å². The first kappa shape index (κ1) is 30.7. The average molecular weight is 584 g/mol. The maximum absolute atomic E-state index is 12.1. The van der Waals surface area contributed by atoms with Crippen molar-refractivity contribution in [2.45, 2.75) is 45.2 Å². The number of allylic oxidation sites excluding steroid dienone is 5. The van der Waals surface area contributed by atoms with Crippen molar-refractivity contribution in [2.75, 3.05) is 0 Å². The molecule has 0 saturated heterocycles. The van der Waals surface area contributed by atoms with E-state index in [1.54, 1.807) is 6.08 Å². The monoisotopic (exact) mass is 583 g/mol. The summed E-state index contributed by atoms with van der Waals surface area (Å²) in [6.07, 6.45) is 12.6. The van der Waals surface area contributed by atoms with E-state index < -0.39 is 10.0 Å². The number of primary sulfonamides is 1. The van der Waals surface area contributed by atoms with Gasteiger partial charge in [-0.25, -0.2) is 13.6 Å². The quantitative estimate of drug-likeness (QED) is 0.284. The minimum atomic E-state index is -3.80. The largest absolute Gasteiger partial charge is 0.355 e. The second-order valence-corrected chi connectivity index (χ2v) is 11.8. The summed E-state index contributed by atoms with van der Waals surface area (Å²) in [7, 11) is -3.80. The van der Waals surface area contributed by atoms with Gasteiger partial charge in [0.1, 0.15) is 0 Å². The molecule has 0 aromatic heterocycles. The van der Waals surface area contributed by atoms with Crippen LogP contribution >= 0.6 is 0 Å². The summed E-state index contributed by atoms with van der Waals surface area (Å²) >= 11 is 0. The second kappa shape index (κ2) is 15.1. The molecule has 0 unspecified atom stereocenters. The first-order valence-corrected chi connectivity index (χ1v) is 15.7. The van der Waals surface area contributed by atoms with Crippen LogP contribution in [-0.4, -0.2) is 20.7 Å². The van der Waals surface area contributed by atoms with Crippen molar-refractivity contribution in [1.29, 1.82) is 0 Å². The normalized spacial score (nSPS) is 15.0. The van der Waals surface area contributed by atoms with Gasteiger partial charge in [0.15, 0.2) is 0 Å². The number of nitrogens with two attached hydrogens (primary N) is 1. The van der Waals surface area contributed by atoms with E-state index in [1.807, 2.05) is 66.7 Å². The zero-order valence-corrected chi connectivity index (χ0v) is 24.4. The van der Waals surface area contributed by atoms with Gasteiger partial charge in [0.25, 0.3) is 0 Å². The minimum absolute atomic E-state index is 0.119. The lowest BCUT2D eigenvalue weighted by molar-refractivity contribution is -0.125. The zero-order chi connectivity index (χ0) is 29.8. The molecule has 2 amide bonds. The van der Waals surface area contributed by atoms with E-state index in [0.717, 1.165) is 42.4 Å². The Morgan fingerprint density at radius 3 is 2.05 bits per heavy atom. The summed E-state index contributed by atoms with van der Waals surface area (Å²) in [5, 5.41) is 11.0.